The molecule has 8 rings (SSSR count). The Labute approximate surface area is 331 Å². The lowest BCUT2D eigenvalue weighted by atomic mass is 9.57. The van der Waals surface area contributed by atoms with E-state index in [4.69, 9.17) is 18.7 Å². The van der Waals surface area contributed by atoms with Gasteiger partial charge in [0.25, 0.3) is 5.88 Å². The molecule has 0 unspecified atom stereocenters. The van der Waals surface area contributed by atoms with Crippen LogP contribution in [-0.2, 0) is 34.5 Å². The molecule has 2 heterocycles. The number of rotatable bonds is 13. The molecule has 0 bridgehead atoms. The average molecular weight is 799 g/mol. The average Bonchev–Trinajstić information content (AvgIpc) is 3.90. The first-order valence-corrected chi connectivity index (χ1v) is 20.7. The molecule has 1 saturated heterocycles. The Morgan fingerprint density at radius 3 is 2.25 bits per heavy atom. The molecule has 15 heteroatoms. The van der Waals surface area contributed by atoms with Gasteiger partial charge < -0.3 is 34.3 Å². The Bertz CT molecular complexity index is 2320. The maximum absolute atomic E-state index is 14.9. The van der Waals surface area contributed by atoms with E-state index < -0.39 is 50.8 Å². The maximum Gasteiger partial charge on any atom is 0.265 e. The highest BCUT2D eigenvalue weighted by molar-refractivity contribution is 7.89. The third-order valence-corrected chi connectivity index (χ3v) is 13.5. The number of fused-ring (bicyclic) bond motifs is 4. The smallest absolute Gasteiger partial charge is 0.265 e. The highest BCUT2D eigenvalue weighted by Crippen LogP contribution is 2.57. The van der Waals surface area contributed by atoms with E-state index in [1.807, 2.05) is 60.7 Å². The Morgan fingerprint density at radius 2 is 1.61 bits per heavy atom. The fraction of sp³-hybridized carbons (Fsp3) is 0.405. The fourth-order valence-electron chi connectivity index (χ4n) is 8.88. The summed E-state index contributed by atoms with van der Waals surface area (Å²) in [6, 6.07) is 19.6. The Morgan fingerprint density at radius 1 is 0.965 bits per heavy atom. The maximum atomic E-state index is 14.9. The summed E-state index contributed by atoms with van der Waals surface area (Å²) < 4.78 is 51.8. The number of Topliss-reactive ketones (excluding diaryl/α,β-unsaturated/α-hetero) is 2. The number of aliphatic hydroxyl groups is 2. The van der Waals surface area contributed by atoms with E-state index in [1.54, 1.807) is 25.1 Å². The molecule has 4 aromatic rings. The van der Waals surface area contributed by atoms with Crippen molar-refractivity contribution in [1.82, 2.24) is 14.4 Å². The highest BCUT2D eigenvalue weighted by atomic mass is 32.2. The predicted octanol–water partition coefficient (Wildman–Crippen LogP) is 4.94. The van der Waals surface area contributed by atoms with Gasteiger partial charge >= 0.3 is 0 Å². The summed E-state index contributed by atoms with van der Waals surface area (Å²) in [5.74, 6) is -3.41. The molecule has 0 spiro atoms. The van der Waals surface area contributed by atoms with E-state index in [2.05, 4.69) is 10.5 Å². The molecule has 1 aliphatic heterocycles. The topological polar surface area (TPSA) is 181 Å². The van der Waals surface area contributed by atoms with Crippen LogP contribution in [0.15, 0.2) is 76.8 Å². The number of carbonyl (C=O) groups excluding carboxylic acids is 2. The number of ether oxygens (including phenoxy) is 3. The van der Waals surface area contributed by atoms with Crippen LogP contribution < -0.4 is 19.5 Å². The molecule has 1 aromatic heterocycles. The second kappa shape index (κ2) is 15.3. The van der Waals surface area contributed by atoms with Crippen LogP contribution >= 0.6 is 0 Å². The lowest BCUT2D eigenvalue weighted by Crippen LogP contribution is -2.63. The molecule has 3 aliphatic carbocycles. The van der Waals surface area contributed by atoms with E-state index in [-0.39, 0.29) is 72.4 Å². The van der Waals surface area contributed by atoms with Crippen molar-refractivity contribution in [2.24, 2.45) is 11.8 Å². The van der Waals surface area contributed by atoms with E-state index in [1.165, 1.54) is 11.4 Å². The summed E-state index contributed by atoms with van der Waals surface area (Å²) in [6.45, 7) is 1.15. The van der Waals surface area contributed by atoms with Crippen LogP contribution in [0.5, 0.6) is 17.4 Å². The number of nitrogens with zero attached hydrogens (tertiary/aromatic N) is 3. The van der Waals surface area contributed by atoms with Gasteiger partial charge in [-0.05, 0) is 62.0 Å². The van der Waals surface area contributed by atoms with Crippen molar-refractivity contribution in [1.29, 1.82) is 0 Å². The van der Waals surface area contributed by atoms with Crippen molar-refractivity contribution >= 4 is 33.0 Å². The van der Waals surface area contributed by atoms with Crippen LogP contribution in [-0.4, -0.2) is 96.8 Å². The van der Waals surface area contributed by atoms with Crippen LogP contribution in [0.4, 0.5) is 5.69 Å². The molecule has 0 amide bonds. The monoisotopic (exact) mass is 798 g/mol. The molecular weight excluding hydrogens is 753 g/mol. The van der Waals surface area contributed by atoms with Gasteiger partial charge in [0.1, 0.15) is 30.3 Å². The van der Waals surface area contributed by atoms with Crippen molar-refractivity contribution in [2.45, 2.75) is 50.5 Å². The van der Waals surface area contributed by atoms with Crippen LogP contribution in [0, 0.1) is 11.8 Å². The Kier molecular flexibility index (Phi) is 10.4. The molecule has 3 aromatic carbocycles. The number of nitrogens with one attached hydrogen (secondary N) is 1. The van der Waals surface area contributed by atoms with Crippen molar-refractivity contribution in [3.63, 3.8) is 0 Å². The minimum Gasteiger partial charge on any atom is -0.507 e. The van der Waals surface area contributed by atoms with Crippen molar-refractivity contribution < 1.29 is 47.0 Å². The van der Waals surface area contributed by atoms with Crippen molar-refractivity contribution in [3.8, 4) is 17.4 Å². The van der Waals surface area contributed by atoms with Crippen LogP contribution in [0.3, 0.4) is 0 Å². The SMILES string of the molecule is COc1cc(NCCS(=O)(=O)N2CCCC2)c(OCc2ccccc2)c2c1C[C@H]1C[C@H]3[C@H](N(C)C)c4onc(OCc5ccccc5)c4C(=O)[C@@]3(O)C(=O)C1=C2O. The van der Waals surface area contributed by atoms with Gasteiger partial charge in [-0.3, -0.25) is 14.5 Å². The third kappa shape index (κ3) is 6.75. The quantitative estimate of drug-likeness (QED) is 0.155. The number of aliphatic hydroxyl groups excluding tert-OH is 1. The molecular formula is C42H46N4O10S. The van der Waals surface area contributed by atoms with Gasteiger partial charge in [-0.15, -0.1) is 0 Å². The zero-order chi connectivity index (χ0) is 40.1. The van der Waals surface area contributed by atoms with Crippen LogP contribution in [0.2, 0.25) is 0 Å². The number of methoxy groups -OCH3 is 1. The summed E-state index contributed by atoms with van der Waals surface area (Å²) in [5.41, 5.74) is -0.0799. The Hall–Kier alpha value is -5.22. The molecule has 3 N–H and O–H groups in total. The Balaban J connectivity index is 1.19. The molecule has 14 nitrogen and oxygen atoms in total. The zero-order valence-corrected chi connectivity index (χ0v) is 32.9. The van der Waals surface area contributed by atoms with Gasteiger partial charge in [-0.25, -0.2) is 12.7 Å². The van der Waals surface area contributed by atoms with Gasteiger partial charge in [-0.1, -0.05) is 60.7 Å². The summed E-state index contributed by atoms with van der Waals surface area (Å²) in [5, 5.41) is 32.2. The van der Waals surface area contributed by atoms with Crippen molar-refractivity contribution in [3.05, 3.63) is 106 Å². The molecule has 1 saturated carbocycles. The number of anilines is 1. The van der Waals surface area contributed by atoms with E-state index in [9.17, 15) is 28.2 Å². The molecule has 0 radical (unpaired) electrons. The number of aromatic nitrogens is 1. The number of hydrogen-bond acceptors (Lipinski definition) is 13. The third-order valence-electron chi connectivity index (χ3n) is 11.6. The van der Waals surface area contributed by atoms with Crippen molar-refractivity contribution in [2.75, 3.05) is 51.9 Å². The molecule has 4 atom stereocenters. The highest BCUT2D eigenvalue weighted by Gasteiger charge is 2.65. The zero-order valence-electron chi connectivity index (χ0n) is 32.1. The first kappa shape index (κ1) is 38.6. The first-order chi connectivity index (χ1) is 27.4. The van der Waals surface area contributed by atoms with Crippen LogP contribution in [0.1, 0.15) is 63.7 Å². The number of hydrogen-bond donors (Lipinski definition) is 3. The number of sulfonamides is 1. The molecule has 2 fully saturated rings. The molecule has 4 aliphatic rings. The largest absolute Gasteiger partial charge is 0.507 e. The van der Waals surface area contributed by atoms with Gasteiger partial charge in [0.15, 0.2) is 17.1 Å². The number of benzene rings is 3. The summed E-state index contributed by atoms with van der Waals surface area (Å²) in [4.78, 5) is 31.3. The van der Waals surface area contributed by atoms with Gasteiger partial charge in [-0.2, -0.15) is 0 Å². The standard InChI is InChI=1S/C42H46N4O10S/c1-45(2)35-29-21-27-20-28-31(53-3)22-30(43-16-19-57(51,52)46-17-10-11-18-46)37(54-23-25-12-6-4-7-13-25)33(28)36(47)32(27)39(48)42(29,50)40(49)34-38(35)56-44-41(34)55-24-26-14-8-5-9-15-26/h4-9,12-15,22,27,29,35,43,47,50H,10-11,16-21,23-24H2,1-3H3/t27-,29-,35-,42-/m0/s1. The normalized spacial score (nSPS) is 23.1. The minimum atomic E-state index is -3.53. The first-order valence-electron chi connectivity index (χ1n) is 19.1. The summed E-state index contributed by atoms with van der Waals surface area (Å²) in [6.07, 6.45) is 1.99. The second-order valence-corrected chi connectivity index (χ2v) is 17.4. The fourth-order valence-corrected chi connectivity index (χ4v) is 10.3. The van der Waals surface area contributed by atoms with Gasteiger partial charge in [0, 0.05) is 42.8 Å². The van der Waals surface area contributed by atoms with Gasteiger partial charge in [0.2, 0.25) is 21.6 Å². The van der Waals surface area contributed by atoms with Gasteiger partial charge in [0.05, 0.1) is 30.2 Å². The van der Waals surface area contributed by atoms with E-state index in [0.717, 1.165) is 24.0 Å². The lowest BCUT2D eigenvalue weighted by molar-refractivity contribution is -0.142. The van der Waals surface area contributed by atoms with Crippen LogP contribution in [0.25, 0.3) is 5.76 Å². The van der Waals surface area contributed by atoms with E-state index >= 15 is 0 Å². The lowest BCUT2D eigenvalue weighted by Gasteiger charge is -2.49. The second-order valence-electron chi connectivity index (χ2n) is 15.3. The predicted molar refractivity (Wildman–Crippen MR) is 210 cm³/mol. The molecule has 57 heavy (non-hydrogen) atoms. The summed E-state index contributed by atoms with van der Waals surface area (Å²) >= 11 is 0. The van der Waals surface area contributed by atoms with E-state index in [0.29, 0.717) is 30.1 Å². The minimum absolute atomic E-state index is 0.0267. The summed E-state index contributed by atoms with van der Waals surface area (Å²) in [7, 11) is 1.51. The number of carbonyl (C=O) groups is 2. The molecule has 300 valence electrons. The number of ketones is 2.